The molecule has 0 amide bonds. The van der Waals surface area contributed by atoms with Gasteiger partial charge in [-0.3, -0.25) is 4.72 Å². The summed E-state index contributed by atoms with van der Waals surface area (Å²) in [6, 6.07) is 7.24. The summed E-state index contributed by atoms with van der Waals surface area (Å²) in [5, 5.41) is 0. The highest BCUT2D eigenvalue weighted by molar-refractivity contribution is 14.1. The summed E-state index contributed by atoms with van der Waals surface area (Å²) in [7, 11) is -3.25. The van der Waals surface area contributed by atoms with Crippen LogP contribution >= 0.6 is 22.6 Å². The first kappa shape index (κ1) is 12.7. The number of rotatable bonds is 5. The van der Waals surface area contributed by atoms with Crippen LogP contribution in [0.4, 0.5) is 5.69 Å². The van der Waals surface area contributed by atoms with E-state index in [0.29, 0.717) is 18.7 Å². The van der Waals surface area contributed by atoms with Crippen LogP contribution < -0.4 is 10.5 Å². The molecule has 0 radical (unpaired) electrons. The molecule has 0 spiro atoms. The molecule has 0 saturated heterocycles. The summed E-state index contributed by atoms with van der Waals surface area (Å²) in [6.45, 7) is 0.382. The van der Waals surface area contributed by atoms with Crippen LogP contribution in [0.2, 0.25) is 0 Å². The monoisotopic (exact) mass is 340 g/mol. The molecule has 1 aromatic rings. The van der Waals surface area contributed by atoms with Gasteiger partial charge in [0, 0.05) is 3.57 Å². The van der Waals surface area contributed by atoms with Gasteiger partial charge in [0.1, 0.15) is 0 Å². The summed E-state index contributed by atoms with van der Waals surface area (Å²) in [5.74, 6) is 0.0640. The molecule has 15 heavy (non-hydrogen) atoms. The summed E-state index contributed by atoms with van der Waals surface area (Å²) in [5.41, 5.74) is 5.89. The Morgan fingerprint density at radius 2 is 2.00 bits per heavy atom. The standard InChI is InChI=1S/C9H13IN2O2S/c10-8-4-1-2-5-9(8)12-15(13,14)7-3-6-11/h1-2,4-5,12H,3,6-7,11H2. The molecule has 0 fully saturated rings. The van der Waals surface area contributed by atoms with Gasteiger partial charge in [-0.15, -0.1) is 0 Å². The van der Waals surface area contributed by atoms with Crippen molar-refractivity contribution in [3.63, 3.8) is 0 Å². The Hall–Kier alpha value is -0.340. The van der Waals surface area contributed by atoms with Crippen molar-refractivity contribution >= 4 is 38.3 Å². The molecule has 84 valence electrons. The van der Waals surface area contributed by atoms with Crippen molar-refractivity contribution in [1.29, 1.82) is 0 Å². The Morgan fingerprint density at radius 1 is 1.33 bits per heavy atom. The van der Waals surface area contributed by atoms with E-state index in [2.05, 4.69) is 27.3 Å². The van der Waals surface area contributed by atoms with Crippen LogP contribution in [0.5, 0.6) is 0 Å². The number of nitrogens with two attached hydrogens (primary N) is 1. The molecule has 0 aliphatic carbocycles. The van der Waals surface area contributed by atoms with E-state index < -0.39 is 10.0 Å². The summed E-state index contributed by atoms with van der Waals surface area (Å²) in [4.78, 5) is 0. The number of nitrogens with one attached hydrogen (secondary N) is 1. The largest absolute Gasteiger partial charge is 0.330 e. The summed E-state index contributed by atoms with van der Waals surface area (Å²) >= 11 is 2.09. The molecule has 0 atom stereocenters. The van der Waals surface area contributed by atoms with E-state index >= 15 is 0 Å². The smallest absolute Gasteiger partial charge is 0.232 e. The van der Waals surface area contributed by atoms with Gasteiger partial charge in [-0.05, 0) is 47.7 Å². The van der Waals surface area contributed by atoms with Gasteiger partial charge in [-0.2, -0.15) is 0 Å². The minimum atomic E-state index is -3.25. The lowest BCUT2D eigenvalue weighted by atomic mass is 10.3. The highest BCUT2D eigenvalue weighted by Crippen LogP contribution is 2.18. The molecule has 0 aliphatic heterocycles. The van der Waals surface area contributed by atoms with Gasteiger partial charge in [0.15, 0.2) is 0 Å². The lowest BCUT2D eigenvalue weighted by Crippen LogP contribution is -2.19. The normalized spacial score (nSPS) is 11.3. The second kappa shape index (κ2) is 5.66. The molecular weight excluding hydrogens is 327 g/mol. The van der Waals surface area contributed by atoms with Gasteiger partial charge in [-0.1, -0.05) is 12.1 Å². The van der Waals surface area contributed by atoms with E-state index in [0.717, 1.165) is 3.57 Å². The van der Waals surface area contributed by atoms with E-state index in [9.17, 15) is 8.42 Å². The first-order valence-corrected chi connectivity index (χ1v) is 7.23. The zero-order valence-electron chi connectivity index (χ0n) is 8.11. The third-order valence-electron chi connectivity index (χ3n) is 1.76. The van der Waals surface area contributed by atoms with Gasteiger partial charge >= 0.3 is 0 Å². The molecule has 0 unspecified atom stereocenters. The molecular formula is C9H13IN2O2S. The van der Waals surface area contributed by atoms with Gasteiger partial charge in [0.25, 0.3) is 0 Å². The SMILES string of the molecule is NCCCS(=O)(=O)Nc1ccccc1I. The number of para-hydroxylation sites is 1. The molecule has 6 heteroatoms. The Balaban J connectivity index is 2.74. The fraction of sp³-hybridized carbons (Fsp3) is 0.333. The number of hydrogen-bond acceptors (Lipinski definition) is 3. The topological polar surface area (TPSA) is 72.2 Å². The van der Waals surface area contributed by atoms with Crippen LogP contribution in [-0.4, -0.2) is 20.7 Å². The zero-order chi connectivity index (χ0) is 11.3. The molecule has 0 aromatic heterocycles. The number of anilines is 1. The first-order chi connectivity index (χ1) is 7.05. The molecule has 1 aromatic carbocycles. The van der Waals surface area contributed by atoms with Crippen molar-refractivity contribution in [3.8, 4) is 0 Å². The quantitative estimate of drug-likeness (QED) is 0.796. The number of benzene rings is 1. The van der Waals surface area contributed by atoms with Crippen molar-refractivity contribution in [2.45, 2.75) is 6.42 Å². The van der Waals surface area contributed by atoms with Crippen molar-refractivity contribution in [2.75, 3.05) is 17.0 Å². The van der Waals surface area contributed by atoms with Gasteiger partial charge in [-0.25, -0.2) is 8.42 Å². The Kier molecular flexibility index (Phi) is 4.81. The third kappa shape index (κ3) is 4.35. The van der Waals surface area contributed by atoms with Gasteiger partial charge < -0.3 is 5.73 Å². The minimum absolute atomic E-state index is 0.0640. The van der Waals surface area contributed by atoms with Crippen LogP contribution in [0, 0.1) is 3.57 Å². The van der Waals surface area contributed by atoms with Crippen LogP contribution in [0.25, 0.3) is 0 Å². The van der Waals surface area contributed by atoms with Crippen LogP contribution in [-0.2, 0) is 10.0 Å². The fourth-order valence-electron chi connectivity index (χ4n) is 1.04. The average Bonchev–Trinajstić information content (AvgIpc) is 2.18. The maximum Gasteiger partial charge on any atom is 0.232 e. The number of hydrogen-bond donors (Lipinski definition) is 2. The van der Waals surface area contributed by atoms with Crippen LogP contribution in [0.15, 0.2) is 24.3 Å². The number of halogens is 1. The second-order valence-corrected chi connectivity index (χ2v) is 6.05. The van der Waals surface area contributed by atoms with E-state index in [4.69, 9.17) is 5.73 Å². The van der Waals surface area contributed by atoms with Crippen LogP contribution in [0.1, 0.15) is 6.42 Å². The number of sulfonamides is 1. The molecule has 0 heterocycles. The van der Waals surface area contributed by atoms with E-state index in [1.165, 1.54) is 0 Å². The van der Waals surface area contributed by atoms with Crippen molar-refractivity contribution < 1.29 is 8.42 Å². The highest BCUT2D eigenvalue weighted by Gasteiger charge is 2.10. The van der Waals surface area contributed by atoms with Crippen molar-refractivity contribution in [1.82, 2.24) is 0 Å². The minimum Gasteiger partial charge on any atom is -0.330 e. The Morgan fingerprint density at radius 3 is 2.60 bits per heavy atom. The summed E-state index contributed by atoms with van der Waals surface area (Å²) < 4.78 is 26.5. The van der Waals surface area contributed by atoms with Crippen molar-refractivity contribution in [3.05, 3.63) is 27.8 Å². The Bertz CT molecular complexity index is 420. The average molecular weight is 340 g/mol. The predicted octanol–water partition coefficient (Wildman–Crippen LogP) is 1.38. The van der Waals surface area contributed by atoms with Gasteiger partial charge in [0.05, 0.1) is 11.4 Å². The van der Waals surface area contributed by atoms with E-state index in [1.54, 1.807) is 12.1 Å². The molecule has 0 bridgehead atoms. The maximum atomic E-state index is 11.5. The lowest BCUT2D eigenvalue weighted by Gasteiger charge is -2.08. The van der Waals surface area contributed by atoms with E-state index in [-0.39, 0.29) is 5.75 Å². The zero-order valence-corrected chi connectivity index (χ0v) is 11.1. The molecule has 0 aliphatic rings. The van der Waals surface area contributed by atoms with Crippen molar-refractivity contribution in [2.24, 2.45) is 5.73 Å². The third-order valence-corrected chi connectivity index (χ3v) is 4.05. The predicted molar refractivity (Wildman–Crippen MR) is 70.2 cm³/mol. The van der Waals surface area contributed by atoms with E-state index in [1.807, 2.05) is 12.1 Å². The molecule has 0 saturated carbocycles. The molecule has 4 nitrogen and oxygen atoms in total. The summed E-state index contributed by atoms with van der Waals surface area (Å²) in [6.07, 6.45) is 0.471. The van der Waals surface area contributed by atoms with Crippen LogP contribution in [0.3, 0.4) is 0 Å². The Labute approximate surface area is 103 Å². The second-order valence-electron chi connectivity index (χ2n) is 3.04. The fourth-order valence-corrected chi connectivity index (χ4v) is 2.90. The highest BCUT2D eigenvalue weighted by atomic mass is 127. The first-order valence-electron chi connectivity index (χ1n) is 4.50. The maximum absolute atomic E-state index is 11.5. The van der Waals surface area contributed by atoms with Gasteiger partial charge in [0.2, 0.25) is 10.0 Å². The lowest BCUT2D eigenvalue weighted by molar-refractivity contribution is 0.598. The molecule has 1 rings (SSSR count). The molecule has 3 N–H and O–H groups in total.